The zero-order valence-electron chi connectivity index (χ0n) is 27.7. The van der Waals surface area contributed by atoms with Gasteiger partial charge in [-0.05, 0) is 79.7 Å². The molecule has 0 amide bonds. The van der Waals surface area contributed by atoms with Gasteiger partial charge in [0.1, 0.15) is 34.8 Å². The van der Waals surface area contributed by atoms with Gasteiger partial charge in [0.25, 0.3) is 0 Å². The number of rotatable bonds is 8. The molecule has 0 aromatic heterocycles. The molecular formula is C34H48MgN2O10. The number of aromatic carboxylic acids is 4. The molecule has 0 spiro atoms. The molecule has 2 aromatic rings. The maximum absolute atomic E-state index is 11.5. The fraction of sp³-hybridized carbons (Fsp3) is 0.529. The van der Waals surface area contributed by atoms with Crippen molar-refractivity contribution in [2.75, 3.05) is 0 Å². The predicted octanol–water partition coefficient (Wildman–Crippen LogP) is 4.63. The maximum atomic E-state index is 11.5. The van der Waals surface area contributed by atoms with Gasteiger partial charge in [-0.15, -0.1) is 0 Å². The van der Waals surface area contributed by atoms with Crippen LogP contribution in [-0.4, -0.2) is 102 Å². The molecular weight excluding hydrogens is 621 g/mol. The fourth-order valence-corrected chi connectivity index (χ4v) is 7.04. The standard InChI is InChI=1S/2C17H23NO5.Mg.2H/c2*1-16(2)8-10(9-17(3,4)18-16)23-12-7-5-6-11(14(19)20)13(12)15(21)22;;;/h2*5-7,10,18H,8-9H2,1-4H3,(H,19,20)(H,21,22);;;. The molecule has 6 N–H and O–H groups in total. The number of piperidine rings is 2. The number of carbonyl (C=O) groups is 4. The van der Waals surface area contributed by atoms with Crippen molar-refractivity contribution in [3.05, 3.63) is 58.7 Å². The third-order valence-corrected chi connectivity index (χ3v) is 7.83. The average Bonchev–Trinajstić information content (AvgIpc) is 2.84. The van der Waals surface area contributed by atoms with Gasteiger partial charge in [0, 0.05) is 47.8 Å². The van der Waals surface area contributed by atoms with E-state index in [0.29, 0.717) is 25.7 Å². The molecule has 2 saturated heterocycles. The number of nitrogens with one attached hydrogen (secondary N) is 2. The van der Waals surface area contributed by atoms with Crippen LogP contribution < -0.4 is 20.1 Å². The molecule has 12 nitrogen and oxygen atoms in total. The summed E-state index contributed by atoms with van der Waals surface area (Å²) in [7, 11) is 0. The van der Waals surface area contributed by atoms with Gasteiger partial charge >= 0.3 is 46.9 Å². The van der Waals surface area contributed by atoms with Crippen LogP contribution in [0.15, 0.2) is 36.4 Å². The Balaban J connectivity index is 0.000000320. The molecule has 0 atom stereocenters. The van der Waals surface area contributed by atoms with Crippen molar-refractivity contribution in [2.24, 2.45) is 0 Å². The highest BCUT2D eigenvalue weighted by Gasteiger charge is 2.40. The largest absolute Gasteiger partial charge is 0.489 e. The highest BCUT2D eigenvalue weighted by Crippen LogP contribution is 2.35. The number of ether oxygens (including phenoxy) is 2. The van der Waals surface area contributed by atoms with E-state index in [1.165, 1.54) is 36.4 Å². The molecule has 0 unspecified atom stereocenters. The van der Waals surface area contributed by atoms with E-state index < -0.39 is 23.9 Å². The summed E-state index contributed by atoms with van der Waals surface area (Å²) in [6, 6.07) is 8.57. The number of hydrogen-bond acceptors (Lipinski definition) is 8. The molecule has 0 radical (unpaired) electrons. The number of carboxylic acid groups (broad SMARTS) is 4. The molecule has 2 aliphatic heterocycles. The summed E-state index contributed by atoms with van der Waals surface area (Å²) in [6.45, 7) is 16.5. The number of benzene rings is 2. The summed E-state index contributed by atoms with van der Waals surface area (Å²) in [6.07, 6.45) is 2.42. The molecule has 13 heteroatoms. The highest BCUT2D eigenvalue weighted by atomic mass is 24.3. The van der Waals surface area contributed by atoms with Crippen LogP contribution >= 0.6 is 0 Å². The molecule has 2 heterocycles. The van der Waals surface area contributed by atoms with Gasteiger partial charge in [-0.1, -0.05) is 12.1 Å². The predicted molar refractivity (Wildman–Crippen MR) is 179 cm³/mol. The first kappa shape index (κ1) is 39.8. The first-order valence-electron chi connectivity index (χ1n) is 15.1. The monoisotopic (exact) mass is 668 g/mol. The normalized spacial score (nSPS) is 19.6. The zero-order chi connectivity index (χ0) is 34.8. The second-order valence-corrected chi connectivity index (χ2v) is 14.7. The Hall–Kier alpha value is -3.39. The Morgan fingerprint density at radius 1 is 0.553 bits per heavy atom. The van der Waals surface area contributed by atoms with Crippen molar-refractivity contribution in [3.63, 3.8) is 0 Å². The van der Waals surface area contributed by atoms with Crippen LogP contribution in [0.4, 0.5) is 0 Å². The van der Waals surface area contributed by atoms with Gasteiger partial charge in [-0.2, -0.15) is 0 Å². The minimum absolute atomic E-state index is 0. The molecule has 0 saturated carbocycles. The molecule has 0 bridgehead atoms. The molecule has 2 aliphatic rings. The minimum atomic E-state index is -1.30. The Morgan fingerprint density at radius 2 is 0.830 bits per heavy atom. The Morgan fingerprint density at radius 3 is 1.06 bits per heavy atom. The van der Waals surface area contributed by atoms with Crippen LogP contribution in [0.25, 0.3) is 0 Å². The van der Waals surface area contributed by atoms with Crippen LogP contribution in [0.5, 0.6) is 11.5 Å². The Labute approximate surface area is 291 Å². The van der Waals surface area contributed by atoms with Crippen LogP contribution in [0.3, 0.4) is 0 Å². The second kappa shape index (κ2) is 14.8. The quantitative estimate of drug-likeness (QED) is 0.214. The molecule has 0 aliphatic carbocycles. The summed E-state index contributed by atoms with van der Waals surface area (Å²) in [5.74, 6) is -4.94. The molecule has 256 valence electrons. The topological polar surface area (TPSA) is 192 Å². The third kappa shape index (κ3) is 10.8. The summed E-state index contributed by atoms with van der Waals surface area (Å²) in [5, 5.41) is 44.2. The Kier molecular flexibility index (Phi) is 12.5. The van der Waals surface area contributed by atoms with Crippen molar-refractivity contribution >= 4 is 46.9 Å². The van der Waals surface area contributed by atoms with Crippen LogP contribution in [0.1, 0.15) is 123 Å². The third-order valence-electron chi connectivity index (χ3n) is 7.83. The van der Waals surface area contributed by atoms with Crippen molar-refractivity contribution in [1.82, 2.24) is 10.6 Å². The van der Waals surface area contributed by atoms with Gasteiger partial charge < -0.3 is 40.5 Å². The van der Waals surface area contributed by atoms with Crippen molar-refractivity contribution in [1.29, 1.82) is 0 Å². The fourth-order valence-electron chi connectivity index (χ4n) is 7.04. The zero-order valence-corrected chi connectivity index (χ0v) is 27.7. The lowest BCUT2D eigenvalue weighted by molar-refractivity contribution is 0.0512. The van der Waals surface area contributed by atoms with E-state index in [4.69, 9.17) is 9.47 Å². The van der Waals surface area contributed by atoms with E-state index in [-0.39, 0.29) is 91.2 Å². The lowest BCUT2D eigenvalue weighted by Gasteiger charge is -2.46. The van der Waals surface area contributed by atoms with E-state index in [1.54, 1.807) is 0 Å². The molecule has 4 rings (SSSR count). The van der Waals surface area contributed by atoms with Crippen molar-refractivity contribution in [2.45, 2.75) is 115 Å². The summed E-state index contributed by atoms with van der Waals surface area (Å²) in [4.78, 5) is 45.5. The lowest BCUT2D eigenvalue weighted by Crippen LogP contribution is -2.60. The summed E-state index contributed by atoms with van der Waals surface area (Å²) in [5.41, 5.74) is -1.73. The van der Waals surface area contributed by atoms with Crippen molar-refractivity contribution in [3.8, 4) is 11.5 Å². The first-order valence-corrected chi connectivity index (χ1v) is 15.1. The SMILES string of the molecule is CC1(C)CC(Oc2cccc(C(=O)O)c2C(=O)O)CC(C)(C)N1.CC1(C)CC(Oc2cccc(C(=O)O)c2C(=O)O)CC(C)(C)N1.[MgH2]. The van der Waals surface area contributed by atoms with E-state index in [1.807, 2.05) is 0 Å². The van der Waals surface area contributed by atoms with E-state index in [0.717, 1.165) is 0 Å². The first-order chi connectivity index (χ1) is 21.0. The van der Waals surface area contributed by atoms with Gasteiger partial charge in [0.15, 0.2) is 0 Å². The van der Waals surface area contributed by atoms with Crippen LogP contribution in [-0.2, 0) is 0 Å². The second-order valence-electron chi connectivity index (χ2n) is 14.7. The highest BCUT2D eigenvalue weighted by molar-refractivity contribution is 6.04. The minimum Gasteiger partial charge on any atom is -0.489 e. The summed E-state index contributed by atoms with van der Waals surface area (Å²) < 4.78 is 11.9. The smallest absolute Gasteiger partial charge is 0.340 e. The number of carboxylic acids is 4. The molecule has 2 fully saturated rings. The number of hydrogen-bond donors (Lipinski definition) is 6. The van der Waals surface area contributed by atoms with Gasteiger partial charge in [0.2, 0.25) is 0 Å². The maximum Gasteiger partial charge on any atom is 0.340 e. The van der Waals surface area contributed by atoms with Crippen LogP contribution in [0, 0.1) is 0 Å². The molecule has 2 aromatic carbocycles. The van der Waals surface area contributed by atoms with Gasteiger partial charge in [-0.3, -0.25) is 0 Å². The van der Waals surface area contributed by atoms with Gasteiger partial charge in [-0.25, -0.2) is 19.2 Å². The summed E-state index contributed by atoms with van der Waals surface area (Å²) >= 11 is 0. The molecule has 47 heavy (non-hydrogen) atoms. The average molecular weight is 669 g/mol. The van der Waals surface area contributed by atoms with Crippen LogP contribution in [0.2, 0.25) is 0 Å². The lowest BCUT2D eigenvalue weighted by atomic mass is 9.81. The van der Waals surface area contributed by atoms with E-state index in [2.05, 4.69) is 66.0 Å². The van der Waals surface area contributed by atoms with E-state index in [9.17, 15) is 39.6 Å². The Bertz CT molecular complexity index is 1360. The van der Waals surface area contributed by atoms with E-state index >= 15 is 0 Å². The van der Waals surface area contributed by atoms with Crippen molar-refractivity contribution < 1.29 is 49.1 Å². The van der Waals surface area contributed by atoms with Gasteiger partial charge in [0.05, 0.1) is 11.1 Å².